The first-order chi connectivity index (χ1) is 8.42. The normalized spacial score (nSPS) is 13.6. The fraction of sp³-hybridized carbons (Fsp3) is 0.400. The Labute approximate surface area is 111 Å². The van der Waals surface area contributed by atoms with Crippen LogP contribution in [0.25, 0.3) is 0 Å². The molecule has 0 saturated heterocycles. The summed E-state index contributed by atoms with van der Waals surface area (Å²) in [6.45, 7) is 6.84. The lowest BCUT2D eigenvalue weighted by Crippen LogP contribution is -2.16. The van der Waals surface area contributed by atoms with Crippen molar-refractivity contribution in [2.24, 2.45) is 0 Å². The second-order valence-corrected chi connectivity index (χ2v) is 10.6. The number of esters is 1. The van der Waals surface area contributed by atoms with Crippen LogP contribution in [0.3, 0.4) is 0 Å². The van der Waals surface area contributed by atoms with Gasteiger partial charge in [-0.3, -0.25) is 4.79 Å². The molecule has 0 radical (unpaired) electrons. The minimum absolute atomic E-state index is 0.116. The van der Waals surface area contributed by atoms with Gasteiger partial charge < -0.3 is 4.74 Å². The minimum Gasteiger partial charge on any atom is -0.469 e. The molecule has 1 rings (SSSR count). The standard InChI is InChI=1S/C15H22O2Si/c1-17-15(16)12-14(10-11-18(2,3)4)13-8-6-5-7-9-13/h5-11,14H,12H2,1-4H3/b11-10+/t14-/m1/s1. The van der Waals surface area contributed by atoms with Crippen molar-refractivity contribution in [3.05, 3.63) is 47.7 Å². The van der Waals surface area contributed by atoms with E-state index in [1.54, 1.807) is 0 Å². The second kappa shape index (κ2) is 6.54. The molecule has 18 heavy (non-hydrogen) atoms. The maximum absolute atomic E-state index is 11.5. The first-order valence-electron chi connectivity index (χ1n) is 6.23. The average Bonchev–Trinajstić information content (AvgIpc) is 2.34. The molecule has 0 saturated carbocycles. The van der Waals surface area contributed by atoms with Crippen molar-refractivity contribution < 1.29 is 9.53 Å². The molecule has 0 spiro atoms. The Morgan fingerprint density at radius 3 is 2.39 bits per heavy atom. The molecule has 1 aromatic carbocycles. The minimum atomic E-state index is -1.25. The van der Waals surface area contributed by atoms with E-state index in [-0.39, 0.29) is 11.9 Å². The van der Waals surface area contributed by atoms with E-state index in [1.807, 2.05) is 18.2 Å². The van der Waals surface area contributed by atoms with Gasteiger partial charge in [0.15, 0.2) is 0 Å². The predicted octanol–water partition coefficient (Wildman–Crippen LogP) is 3.77. The van der Waals surface area contributed by atoms with E-state index in [0.29, 0.717) is 6.42 Å². The van der Waals surface area contributed by atoms with Crippen LogP contribution >= 0.6 is 0 Å². The van der Waals surface area contributed by atoms with Gasteiger partial charge in [0.1, 0.15) is 0 Å². The third-order valence-corrected chi connectivity index (χ3v) is 3.86. The van der Waals surface area contributed by atoms with E-state index < -0.39 is 8.07 Å². The van der Waals surface area contributed by atoms with Crippen LogP contribution in [-0.2, 0) is 9.53 Å². The van der Waals surface area contributed by atoms with E-state index in [4.69, 9.17) is 4.74 Å². The highest BCUT2D eigenvalue weighted by Crippen LogP contribution is 2.22. The lowest BCUT2D eigenvalue weighted by atomic mass is 9.96. The smallest absolute Gasteiger partial charge is 0.306 e. The van der Waals surface area contributed by atoms with E-state index in [2.05, 4.69) is 43.5 Å². The molecule has 3 heteroatoms. The van der Waals surface area contributed by atoms with Crippen molar-refractivity contribution in [3.8, 4) is 0 Å². The molecule has 0 aliphatic heterocycles. The number of allylic oxidation sites excluding steroid dienone is 1. The summed E-state index contributed by atoms with van der Waals surface area (Å²) in [5.41, 5.74) is 3.45. The van der Waals surface area contributed by atoms with Crippen LogP contribution in [0.2, 0.25) is 19.6 Å². The molecule has 0 aliphatic carbocycles. The predicted molar refractivity (Wildman–Crippen MR) is 78.3 cm³/mol. The van der Waals surface area contributed by atoms with Crippen LogP contribution in [0, 0.1) is 0 Å². The lowest BCUT2D eigenvalue weighted by Gasteiger charge is -2.15. The zero-order valence-electron chi connectivity index (χ0n) is 11.6. The van der Waals surface area contributed by atoms with Gasteiger partial charge >= 0.3 is 5.97 Å². The van der Waals surface area contributed by atoms with Crippen LogP contribution in [0.1, 0.15) is 17.9 Å². The quantitative estimate of drug-likeness (QED) is 0.596. The van der Waals surface area contributed by atoms with Gasteiger partial charge in [0.25, 0.3) is 0 Å². The van der Waals surface area contributed by atoms with Crippen LogP contribution in [0.15, 0.2) is 42.1 Å². The molecule has 98 valence electrons. The van der Waals surface area contributed by atoms with E-state index in [0.717, 1.165) is 5.56 Å². The molecule has 0 aliphatic rings. The summed E-state index contributed by atoms with van der Waals surface area (Å²) >= 11 is 0. The summed E-state index contributed by atoms with van der Waals surface area (Å²) in [7, 11) is 0.190. The highest BCUT2D eigenvalue weighted by Gasteiger charge is 2.15. The molecule has 1 atom stereocenters. The fourth-order valence-corrected chi connectivity index (χ4v) is 2.47. The van der Waals surface area contributed by atoms with Gasteiger partial charge in [0.2, 0.25) is 0 Å². The van der Waals surface area contributed by atoms with Crippen molar-refractivity contribution in [2.45, 2.75) is 32.0 Å². The summed E-state index contributed by atoms with van der Waals surface area (Å²) in [6.07, 6.45) is 2.57. The van der Waals surface area contributed by atoms with Gasteiger partial charge in [0.05, 0.1) is 21.6 Å². The second-order valence-electron chi connectivity index (χ2n) is 5.52. The van der Waals surface area contributed by atoms with Crippen LogP contribution < -0.4 is 0 Å². The van der Waals surface area contributed by atoms with Gasteiger partial charge in [-0.25, -0.2) is 0 Å². The Balaban J connectivity index is 2.89. The molecular formula is C15H22O2Si. The maximum atomic E-state index is 11.5. The largest absolute Gasteiger partial charge is 0.469 e. The fourth-order valence-electron chi connectivity index (χ4n) is 1.66. The highest BCUT2D eigenvalue weighted by molar-refractivity contribution is 6.80. The summed E-state index contributed by atoms with van der Waals surface area (Å²) in [4.78, 5) is 11.5. The number of carbonyl (C=O) groups excluding carboxylic acids is 1. The van der Waals surface area contributed by atoms with Gasteiger partial charge in [-0.05, 0) is 5.56 Å². The number of hydrogen-bond acceptors (Lipinski definition) is 2. The third-order valence-electron chi connectivity index (χ3n) is 2.67. The summed E-state index contributed by atoms with van der Waals surface area (Å²) in [5, 5.41) is 0. The van der Waals surface area contributed by atoms with Crippen molar-refractivity contribution in [1.82, 2.24) is 0 Å². The number of carbonyl (C=O) groups is 1. The topological polar surface area (TPSA) is 26.3 Å². The lowest BCUT2D eigenvalue weighted by molar-refractivity contribution is -0.140. The zero-order chi connectivity index (χ0) is 13.6. The molecule has 0 N–H and O–H groups in total. The summed E-state index contributed by atoms with van der Waals surface area (Å²) < 4.78 is 4.77. The number of ether oxygens (including phenoxy) is 1. The Kier molecular flexibility index (Phi) is 5.35. The summed E-state index contributed by atoms with van der Waals surface area (Å²) in [6, 6.07) is 10.1. The van der Waals surface area contributed by atoms with E-state index in [1.165, 1.54) is 7.11 Å². The van der Waals surface area contributed by atoms with Gasteiger partial charge in [0, 0.05) is 5.92 Å². The molecule has 0 unspecified atom stereocenters. The number of rotatable bonds is 5. The van der Waals surface area contributed by atoms with Gasteiger partial charge in [-0.2, -0.15) is 0 Å². The molecule has 0 fully saturated rings. The average molecular weight is 262 g/mol. The molecule has 1 aromatic rings. The molecular weight excluding hydrogens is 240 g/mol. The number of benzene rings is 1. The molecule has 0 amide bonds. The number of methoxy groups -OCH3 is 1. The Morgan fingerprint density at radius 1 is 1.28 bits per heavy atom. The Hall–Kier alpha value is -1.35. The van der Waals surface area contributed by atoms with E-state index >= 15 is 0 Å². The Bertz CT molecular complexity index is 404. The Morgan fingerprint density at radius 2 is 1.89 bits per heavy atom. The van der Waals surface area contributed by atoms with Crippen molar-refractivity contribution in [1.29, 1.82) is 0 Å². The highest BCUT2D eigenvalue weighted by atomic mass is 28.3. The molecule has 0 heterocycles. The first-order valence-corrected chi connectivity index (χ1v) is 9.81. The van der Waals surface area contributed by atoms with Gasteiger partial charge in [-0.15, -0.1) is 0 Å². The SMILES string of the molecule is COC(=O)C[C@@H](/C=C/[Si](C)(C)C)c1ccccc1. The number of hydrogen-bond donors (Lipinski definition) is 0. The molecule has 0 bridgehead atoms. The maximum Gasteiger partial charge on any atom is 0.306 e. The summed E-state index contributed by atoms with van der Waals surface area (Å²) in [5.74, 6) is -0.0468. The van der Waals surface area contributed by atoms with E-state index in [9.17, 15) is 4.79 Å². The van der Waals surface area contributed by atoms with Crippen LogP contribution in [0.4, 0.5) is 0 Å². The van der Waals surface area contributed by atoms with Crippen molar-refractivity contribution >= 4 is 14.0 Å². The van der Waals surface area contributed by atoms with Crippen molar-refractivity contribution in [2.75, 3.05) is 7.11 Å². The first kappa shape index (κ1) is 14.7. The molecule has 2 nitrogen and oxygen atoms in total. The zero-order valence-corrected chi connectivity index (χ0v) is 12.6. The molecule has 0 aromatic heterocycles. The van der Waals surface area contributed by atoms with Crippen LogP contribution in [-0.4, -0.2) is 21.2 Å². The van der Waals surface area contributed by atoms with Crippen LogP contribution in [0.5, 0.6) is 0 Å². The van der Waals surface area contributed by atoms with Gasteiger partial charge in [-0.1, -0.05) is 61.7 Å². The monoisotopic (exact) mass is 262 g/mol. The van der Waals surface area contributed by atoms with Crippen molar-refractivity contribution in [3.63, 3.8) is 0 Å². The third kappa shape index (κ3) is 5.32.